The second-order valence-electron chi connectivity index (χ2n) is 7.41. The zero-order valence-corrected chi connectivity index (χ0v) is 16.2. The summed E-state index contributed by atoms with van der Waals surface area (Å²) in [4.78, 5) is 5.14. The summed E-state index contributed by atoms with van der Waals surface area (Å²) in [6, 6.07) is 19.8. The summed E-state index contributed by atoms with van der Waals surface area (Å²) in [6.07, 6.45) is 2.59. The fraction of sp³-hybridized carbons (Fsp3) is 0.478. The molecule has 0 saturated carbocycles. The number of fused-ring (bicyclic) bond motifs is 1. The molecule has 4 rings (SSSR count). The van der Waals surface area contributed by atoms with Crippen LogP contribution in [-0.2, 0) is 4.74 Å². The van der Waals surface area contributed by atoms with Crippen molar-refractivity contribution in [3.05, 3.63) is 60.2 Å². The zero-order valence-electron chi connectivity index (χ0n) is 16.2. The summed E-state index contributed by atoms with van der Waals surface area (Å²) >= 11 is 0. The van der Waals surface area contributed by atoms with E-state index in [0.29, 0.717) is 12.6 Å². The number of ether oxygens (including phenoxy) is 2. The van der Waals surface area contributed by atoms with Gasteiger partial charge in [0.1, 0.15) is 12.4 Å². The molecule has 4 nitrogen and oxygen atoms in total. The van der Waals surface area contributed by atoms with Crippen molar-refractivity contribution in [1.82, 2.24) is 4.90 Å². The molecular formula is C23H30N2O2. The van der Waals surface area contributed by atoms with Crippen LogP contribution in [-0.4, -0.2) is 50.4 Å². The van der Waals surface area contributed by atoms with Gasteiger partial charge in [-0.1, -0.05) is 42.5 Å². The van der Waals surface area contributed by atoms with E-state index in [-0.39, 0.29) is 6.04 Å². The number of rotatable bonds is 7. The molecule has 144 valence electrons. The Hall–Kier alpha value is -2.04. The highest BCUT2D eigenvalue weighted by atomic mass is 16.5. The average molecular weight is 367 g/mol. The molecule has 1 saturated heterocycles. The quantitative estimate of drug-likeness (QED) is 0.736. The first-order valence-corrected chi connectivity index (χ1v) is 10.2. The largest absolute Gasteiger partial charge is 0.489 e. The highest BCUT2D eigenvalue weighted by Crippen LogP contribution is 2.39. The third kappa shape index (κ3) is 4.12. The van der Waals surface area contributed by atoms with Gasteiger partial charge in [0.2, 0.25) is 0 Å². The van der Waals surface area contributed by atoms with Gasteiger partial charge in [-0.05, 0) is 50.6 Å². The van der Waals surface area contributed by atoms with E-state index in [2.05, 4.69) is 71.3 Å². The molecule has 0 bridgehead atoms. The number of para-hydroxylation sites is 2. The maximum atomic E-state index is 6.12. The first-order valence-electron chi connectivity index (χ1n) is 10.2. The van der Waals surface area contributed by atoms with E-state index in [9.17, 15) is 0 Å². The molecule has 2 heterocycles. The lowest BCUT2D eigenvalue weighted by molar-refractivity contribution is 0.0771. The van der Waals surface area contributed by atoms with Crippen molar-refractivity contribution in [2.75, 3.05) is 44.4 Å². The molecule has 2 aromatic rings. The number of hydrogen-bond acceptors (Lipinski definition) is 4. The van der Waals surface area contributed by atoms with E-state index in [1.54, 1.807) is 0 Å². The zero-order chi connectivity index (χ0) is 18.5. The van der Waals surface area contributed by atoms with Gasteiger partial charge >= 0.3 is 0 Å². The molecular weight excluding hydrogens is 336 g/mol. The number of anilines is 1. The van der Waals surface area contributed by atoms with Gasteiger partial charge in [-0.3, -0.25) is 4.90 Å². The standard InChI is InChI=1S/C23H30N2O2/c1-2-26-17-20(24-14-8-9-15-24)16-25-21-12-6-7-13-23(21)27-18-22(25)19-10-4-3-5-11-19/h3-7,10-13,20,22H,2,8-9,14-18H2,1H3. The van der Waals surface area contributed by atoms with Crippen LogP contribution in [0.4, 0.5) is 5.69 Å². The molecule has 2 atom stereocenters. The van der Waals surface area contributed by atoms with E-state index in [1.165, 1.54) is 37.2 Å². The molecule has 27 heavy (non-hydrogen) atoms. The van der Waals surface area contributed by atoms with E-state index in [1.807, 2.05) is 0 Å². The van der Waals surface area contributed by atoms with Gasteiger partial charge < -0.3 is 14.4 Å². The van der Waals surface area contributed by atoms with E-state index < -0.39 is 0 Å². The predicted molar refractivity (Wildman–Crippen MR) is 110 cm³/mol. The monoisotopic (exact) mass is 366 g/mol. The highest BCUT2D eigenvalue weighted by molar-refractivity contribution is 5.61. The van der Waals surface area contributed by atoms with Gasteiger partial charge in [-0.2, -0.15) is 0 Å². The van der Waals surface area contributed by atoms with Gasteiger partial charge in [0, 0.05) is 13.2 Å². The molecule has 0 aliphatic carbocycles. The Morgan fingerprint density at radius 3 is 2.56 bits per heavy atom. The van der Waals surface area contributed by atoms with E-state index in [0.717, 1.165) is 25.5 Å². The Labute approximate surface area is 162 Å². The third-order valence-electron chi connectivity index (χ3n) is 5.71. The maximum Gasteiger partial charge on any atom is 0.142 e. The average Bonchev–Trinajstić information content (AvgIpc) is 3.26. The summed E-state index contributed by atoms with van der Waals surface area (Å²) in [5, 5.41) is 0. The Kier molecular flexibility index (Phi) is 5.95. The second-order valence-corrected chi connectivity index (χ2v) is 7.41. The Bertz CT molecular complexity index is 715. The van der Waals surface area contributed by atoms with E-state index >= 15 is 0 Å². The molecule has 2 aliphatic rings. The topological polar surface area (TPSA) is 24.9 Å². The smallest absolute Gasteiger partial charge is 0.142 e. The lowest BCUT2D eigenvalue weighted by Crippen LogP contribution is -2.48. The van der Waals surface area contributed by atoms with Gasteiger partial charge in [0.15, 0.2) is 0 Å². The number of hydrogen-bond donors (Lipinski definition) is 0. The number of nitrogens with zero attached hydrogens (tertiary/aromatic N) is 2. The predicted octanol–water partition coefficient (Wildman–Crippen LogP) is 4.13. The maximum absolute atomic E-state index is 6.12. The summed E-state index contributed by atoms with van der Waals surface area (Å²) in [5.41, 5.74) is 2.50. The van der Waals surface area contributed by atoms with Gasteiger partial charge in [-0.15, -0.1) is 0 Å². The van der Waals surface area contributed by atoms with Crippen molar-refractivity contribution in [3.8, 4) is 5.75 Å². The minimum Gasteiger partial charge on any atom is -0.489 e. The minimum atomic E-state index is 0.229. The first kappa shape index (κ1) is 18.3. The molecule has 0 N–H and O–H groups in total. The van der Waals surface area contributed by atoms with Gasteiger partial charge in [0.05, 0.1) is 24.4 Å². The molecule has 0 spiro atoms. The lowest BCUT2D eigenvalue weighted by atomic mass is 10.0. The van der Waals surface area contributed by atoms with Crippen LogP contribution in [0.3, 0.4) is 0 Å². The Morgan fingerprint density at radius 1 is 1.04 bits per heavy atom. The van der Waals surface area contributed by atoms with Crippen LogP contribution in [0.2, 0.25) is 0 Å². The fourth-order valence-electron chi connectivity index (χ4n) is 4.28. The first-order chi connectivity index (χ1) is 13.4. The molecule has 2 unspecified atom stereocenters. The van der Waals surface area contributed by atoms with Crippen LogP contribution in [0.5, 0.6) is 5.75 Å². The van der Waals surface area contributed by atoms with Crippen LogP contribution >= 0.6 is 0 Å². The Balaban J connectivity index is 1.63. The van der Waals surface area contributed by atoms with Crippen molar-refractivity contribution >= 4 is 5.69 Å². The van der Waals surface area contributed by atoms with Crippen LogP contribution < -0.4 is 9.64 Å². The van der Waals surface area contributed by atoms with Crippen LogP contribution in [0.25, 0.3) is 0 Å². The molecule has 2 aliphatic heterocycles. The van der Waals surface area contributed by atoms with Crippen molar-refractivity contribution in [3.63, 3.8) is 0 Å². The normalized spacial score (nSPS) is 20.9. The van der Waals surface area contributed by atoms with Crippen molar-refractivity contribution in [2.45, 2.75) is 31.8 Å². The second kappa shape index (κ2) is 8.77. The lowest BCUT2D eigenvalue weighted by Gasteiger charge is -2.42. The Morgan fingerprint density at radius 2 is 1.78 bits per heavy atom. The number of benzene rings is 2. The minimum absolute atomic E-state index is 0.229. The van der Waals surface area contributed by atoms with Crippen molar-refractivity contribution in [1.29, 1.82) is 0 Å². The van der Waals surface area contributed by atoms with Crippen molar-refractivity contribution in [2.24, 2.45) is 0 Å². The van der Waals surface area contributed by atoms with E-state index in [4.69, 9.17) is 9.47 Å². The summed E-state index contributed by atoms with van der Waals surface area (Å²) in [6.45, 7) is 7.64. The number of likely N-dealkylation sites (tertiary alicyclic amines) is 1. The van der Waals surface area contributed by atoms with Gasteiger partial charge in [0.25, 0.3) is 0 Å². The highest BCUT2D eigenvalue weighted by Gasteiger charge is 2.32. The summed E-state index contributed by atoms with van der Waals surface area (Å²) in [5.74, 6) is 0.987. The van der Waals surface area contributed by atoms with Crippen molar-refractivity contribution < 1.29 is 9.47 Å². The molecule has 1 fully saturated rings. The van der Waals surface area contributed by atoms with Crippen LogP contribution in [0.1, 0.15) is 31.4 Å². The molecule has 2 aromatic carbocycles. The van der Waals surface area contributed by atoms with Crippen LogP contribution in [0.15, 0.2) is 54.6 Å². The third-order valence-corrected chi connectivity index (χ3v) is 5.71. The van der Waals surface area contributed by atoms with Crippen LogP contribution in [0, 0.1) is 0 Å². The SMILES string of the molecule is CCOCC(CN1c2ccccc2OCC1c1ccccc1)N1CCCC1. The molecule has 0 radical (unpaired) electrons. The molecule has 4 heteroatoms. The fourth-order valence-corrected chi connectivity index (χ4v) is 4.28. The molecule has 0 amide bonds. The molecule has 0 aromatic heterocycles. The summed E-state index contributed by atoms with van der Waals surface area (Å²) < 4.78 is 12.0. The van der Waals surface area contributed by atoms with Gasteiger partial charge in [-0.25, -0.2) is 0 Å². The summed E-state index contributed by atoms with van der Waals surface area (Å²) in [7, 11) is 0.